The van der Waals surface area contributed by atoms with Gasteiger partial charge in [-0.1, -0.05) is 36.4 Å². The molecule has 28 heavy (non-hydrogen) atoms. The molecule has 1 saturated heterocycles. The monoisotopic (exact) mass is 381 g/mol. The van der Waals surface area contributed by atoms with Crippen molar-refractivity contribution in [1.29, 1.82) is 0 Å². The van der Waals surface area contributed by atoms with Crippen LogP contribution in [-0.2, 0) is 16.0 Å². The summed E-state index contributed by atoms with van der Waals surface area (Å²) in [5.74, 6) is -0.300. The Morgan fingerprint density at radius 2 is 1.71 bits per heavy atom. The molecule has 0 radical (unpaired) electrons. The molecule has 0 N–H and O–H groups in total. The molecule has 1 fully saturated rings. The van der Waals surface area contributed by atoms with Crippen LogP contribution in [0, 0.1) is 5.82 Å². The second kappa shape index (κ2) is 7.62. The molecule has 2 aromatic carbocycles. The normalized spacial score (nSPS) is 19.6. The number of piperazine rings is 1. The van der Waals surface area contributed by atoms with Gasteiger partial charge in [0, 0.05) is 32.7 Å². The second-order valence-corrected chi connectivity index (χ2v) is 7.22. The van der Waals surface area contributed by atoms with E-state index in [1.54, 1.807) is 21.9 Å². The molecular formula is C22H24FN3O2. The molecule has 0 spiro atoms. The lowest BCUT2D eigenvalue weighted by Gasteiger charge is -2.41. The summed E-state index contributed by atoms with van der Waals surface area (Å²) in [4.78, 5) is 31.4. The number of carbonyl (C=O) groups is 2. The standard InChI is InChI=1S/C22H24FN3O2/c1-2-26-20(27)15-16-7-3-4-8-17(16)21(26)22(28)25-13-11-24(12-14-25)19-10-6-5-9-18(19)23/h3-10,21H,2,11-15H2,1H3/t21-/m0/s1. The first-order valence-corrected chi connectivity index (χ1v) is 9.75. The van der Waals surface area contributed by atoms with Gasteiger partial charge in [-0.05, 0) is 30.2 Å². The number of fused-ring (bicyclic) bond motifs is 1. The minimum Gasteiger partial charge on any atom is -0.366 e. The van der Waals surface area contributed by atoms with Crippen molar-refractivity contribution < 1.29 is 14.0 Å². The maximum Gasteiger partial charge on any atom is 0.250 e. The van der Waals surface area contributed by atoms with E-state index in [0.29, 0.717) is 44.8 Å². The SMILES string of the molecule is CCN1C(=O)Cc2ccccc2[C@H]1C(=O)N1CCN(c2ccccc2F)CC1. The number of hydrogen-bond acceptors (Lipinski definition) is 3. The van der Waals surface area contributed by atoms with Gasteiger partial charge in [-0.25, -0.2) is 4.39 Å². The molecule has 2 aromatic rings. The summed E-state index contributed by atoms with van der Waals surface area (Å²) in [5.41, 5.74) is 2.42. The number of benzene rings is 2. The highest BCUT2D eigenvalue weighted by Crippen LogP contribution is 2.32. The van der Waals surface area contributed by atoms with Gasteiger partial charge < -0.3 is 14.7 Å². The molecule has 0 saturated carbocycles. The van der Waals surface area contributed by atoms with Crippen molar-refractivity contribution >= 4 is 17.5 Å². The summed E-state index contributed by atoms with van der Waals surface area (Å²) in [7, 11) is 0. The lowest BCUT2D eigenvalue weighted by Crippen LogP contribution is -2.54. The van der Waals surface area contributed by atoms with Gasteiger partial charge in [-0.3, -0.25) is 9.59 Å². The molecule has 6 heteroatoms. The summed E-state index contributed by atoms with van der Waals surface area (Å²) in [6, 6.07) is 13.8. The zero-order valence-electron chi connectivity index (χ0n) is 16.0. The highest BCUT2D eigenvalue weighted by atomic mass is 19.1. The highest BCUT2D eigenvalue weighted by Gasteiger charge is 2.39. The molecule has 2 amide bonds. The fourth-order valence-electron chi connectivity index (χ4n) is 4.21. The van der Waals surface area contributed by atoms with Crippen LogP contribution in [0.25, 0.3) is 0 Å². The van der Waals surface area contributed by atoms with Crippen molar-refractivity contribution in [3.8, 4) is 0 Å². The number of anilines is 1. The predicted octanol–water partition coefficient (Wildman–Crippen LogP) is 2.62. The highest BCUT2D eigenvalue weighted by molar-refractivity contribution is 5.92. The quantitative estimate of drug-likeness (QED) is 0.821. The Kier molecular flexibility index (Phi) is 5.03. The largest absolute Gasteiger partial charge is 0.366 e. The Balaban J connectivity index is 1.53. The molecule has 4 rings (SSSR count). The molecule has 2 heterocycles. The van der Waals surface area contributed by atoms with E-state index in [0.717, 1.165) is 11.1 Å². The van der Waals surface area contributed by atoms with E-state index in [1.165, 1.54) is 6.07 Å². The van der Waals surface area contributed by atoms with E-state index in [4.69, 9.17) is 0 Å². The van der Waals surface area contributed by atoms with Gasteiger partial charge in [0.15, 0.2) is 0 Å². The fourth-order valence-corrected chi connectivity index (χ4v) is 4.21. The topological polar surface area (TPSA) is 43.9 Å². The van der Waals surface area contributed by atoms with Crippen molar-refractivity contribution in [1.82, 2.24) is 9.80 Å². The van der Waals surface area contributed by atoms with E-state index in [2.05, 4.69) is 0 Å². The van der Waals surface area contributed by atoms with Crippen molar-refractivity contribution in [3.05, 3.63) is 65.5 Å². The number of para-hydroxylation sites is 1. The van der Waals surface area contributed by atoms with Crippen LogP contribution in [0.4, 0.5) is 10.1 Å². The third-order valence-corrected chi connectivity index (χ3v) is 5.68. The van der Waals surface area contributed by atoms with Crippen molar-refractivity contribution in [2.75, 3.05) is 37.6 Å². The van der Waals surface area contributed by atoms with Crippen LogP contribution in [0.15, 0.2) is 48.5 Å². The zero-order valence-corrected chi connectivity index (χ0v) is 16.0. The molecule has 2 aliphatic heterocycles. The average molecular weight is 381 g/mol. The first kappa shape index (κ1) is 18.5. The van der Waals surface area contributed by atoms with Crippen LogP contribution < -0.4 is 4.90 Å². The van der Waals surface area contributed by atoms with Gasteiger partial charge in [0.05, 0.1) is 12.1 Å². The molecule has 1 atom stereocenters. The Hall–Kier alpha value is -2.89. The molecular weight excluding hydrogens is 357 g/mol. The third-order valence-electron chi connectivity index (χ3n) is 5.68. The zero-order chi connectivity index (χ0) is 19.7. The number of carbonyl (C=O) groups excluding carboxylic acids is 2. The third kappa shape index (κ3) is 3.23. The Morgan fingerprint density at radius 1 is 1.04 bits per heavy atom. The van der Waals surface area contributed by atoms with Crippen LogP contribution in [0.5, 0.6) is 0 Å². The second-order valence-electron chi connectivity index (χ2n) is 7.22. The molecule has 146 valence electrons. The van der Waals surface area contributed by atoms with Crippen LogP contribution >= 0.6 is 0 Å². The van der Waals surface area contributed by atoms with E-state index in [9.17, 15) is 14.0 Å². The lowest BCUT2D eigenvalue weighted by atomic mass is 9.91. The van der Waals surface area contributed by atoms with Gasteiger partial charge in [-0.15, -0.1) is 0 Å². The Morgan fingerprint density at radius 3 is 2.43 bits per heavy atom. The van der Waals surface area contributed by atoms with Crippen LogP contribution in [-0.4, -0.2) is 54.3 Å². The summed E-state index contributed by atoms with van der Waals surface area (Å²) >= 11 is 0. The number of nitrogens with zero attached hydrogens (tertiary/aromatic N) is 3. The smallest absolute Gasteiger partial charge is 0.250 e. The fraction of sp³-hybridized carbons (Fsp3) is 0.364. The van der Waals surface area contributed by atoms with E-state index in [-0.39, 0.29) is 17.6 Å². The predicted molar refractivity (Wildman–Crippen MR) is 105 cm³/mol. The van der Waals surface area contributed by atoms with E-state index >= 15 is 0 Å². The molecule has 0 bridgehead atoms. The van der Waals surface area contributed by atoms with Crippen LogP contribution in [0.2, 0.25) is 0 Å². The minimum absolute atomic E-state index is 0.00968. The van der Waals surface area contributed by atoms with E-state index < -0.39 is 6.04 Å². The number of likely N-dealkylation sites (N-methyl/N-ethyl adjacent to an activating group) is 1. The minimum atomic E-state index is -0.567. The average Bonchev–Trinajstić information content (AvgIpc) is 2.73. The van der Waals surface area contributed by atoms with Gasteiger partial charge in [0.25, 0.3) is 0 Å². The first-order chi connectivity index (χ1) is 13.6. The van der Waals surface area contributed by atoms with Crippen LogP contribution in [0.1, 0.15) is 24.1 Å². The van der Waals surface area contributed by atoms with Crippen molar-refractivity contribution in [2.24, 2.45) is 0 Å². The van der Waals surface area contributed by atoms with Gasteiger partial charge in [-0.2, -0.15) is 0 Å². The first-order valence-electron chi connectivity index (χ1n) is 9.75. The maximum absolute atomic E-state index is 14.1. The summed E-state index contributed by atoms with van der Waals surface area (Å²) in [6.07, 6.45) is 0.342. The summed E-state index contributed by atoms with van der Waals surface area (Å²) in [6.45, 7) is 4.57. The molecule has 5 nitrogen and oxygen atoms in total. The Bertz CT molecular complexity index is 893. The molecule has 0 aromatic heterocycles. The van der Waals surface area contributed by atoms with Gasteiger partial charge >= 0.3 is 0 Å². The number of amides is 2. The maximum atomic E-state index is 14.1. The summed E-state index contributed by atoms with van der Waals surface area (Å²) < 4.78 is 14.1. The number of hydrogen-bond donors (Lipinski definition) is 0. The Labute approximate surface area is 164 Å². The van der Waals surface area contributed by atoms with Crippen molar-refractivity contribution in [3.63, 3.8) is 0 Å². The van der Waals surface area contributed by atoms with Crippen molar-refractivity contribution in [2.45, 2.75) is 19.4 Å². The van der Waals surface area contributed by atoms with Crippen LogP contribution in [0.3, 0.4) is 0 Å². The summed E-state index contributed by atoms with van der Waals surface area (Å²) in [5, 5.41) is 0. The van der Waals surface area contributed by atoms with E-state index in [1.807, 2.05) is 42.2 Å². The lowest BCUT2D eigenvalue weighted by molar-refractivity contribution is -0.147. The number of halogens is 1. The molecule has 0 unspecified atom stereocenters. The van der Waals surface area contributed by atoms with Gasteiger partial charge in [0.1, 0.15) is 11.9 Å². The molecule has 2 aliphatic rings. The number of rotatable bonds is 3. The molecule has 0 aliphatic carbocycles. The van der Waals surface area contributed by atoms with Gasteiger partial charge in [0.2, 0.25) is 11.8 Å².